The van der Waals surface area contributed by atoms with Gasteiger partial charge >= 0.3 is 0 Å². The molecule has 30 heavy (non-hydrogen) atoms. The number of nitrogens with two attached hydrogens (primary N) is 1. The number of benzene rings is 1. The molecule has 1 aromatic carbocycles. The number of β-lactam (4-membered cyclic amide) rings is 1. The molecule has 0 spiro atoms. The summed E-state index contributed by atoms with van der Waals surface area (Å²) in [5, 5.41) is 5.04. The van der Waals surface area contributed by atoms with Gasteiger partial charge in [0.15, 0.2) is 15.2 Å². The van der Waals surface area contributed by atoms with E-state index >= 15 is 0 Å². The summed E-state index contributed by atoms with van der Waals surface area (Å²) in [6.45, 7) is 4.24. The van der Waals surface area contributed by atoms with E-state index in [1.165, 1.54) is 13.8 Å². The first-order chi connectivity index (χ1) is 14.0. The summed E-state index contributed by atoms with van der Waals surface area (Å²) in [5.41, 5.74) is 6.38. The van der Waals surface area contributed by atoms with Crippen LogP contribution >= 0.6 is 0 Å². The topological polar surface area (TPSA) is 153 Å². The number of rotatable bonds is 4. The number of carbonyl (C=O) groups is 3. The maximum absolute atomic E-state index is 13.0. The molecular weight excluding hydrogens is 412 g/mol. The molecule has 0 bridgehead atoms. The highest BCUT2D eigenvalue weighted by Crippen LogP contribution is 2.45. The zero-order valence-electron chi connectivity index (χ0n) is 16.4. The van der Waals surface area contributed by atoms with Gasteiger partial charge in [0.1, 0.15) is 29.1 Å². The lowest BCUT2D eigenvalue weighted by Gasteiger charge is -2.42. The number of hydrogen-bond acceptors (Lipinski definition) is 7. The number of sulfone groups is 1. The number of aromatic nitrogens is 1. The van der Waals surface area contributed by atoms with Crippen LogP contribution in [0, 0.1) is 6.92 Å². The fourth-order valence-corrected chi connectivity index (χ4v) is 6.38. The van der Waals surface area contributed by atoms with Crippen molar-refractivity contribution in [2.24, 2.45) is 5.73 Å². The largest absolute Gasteiger partial charge is 0.368 e. The van der Waals surface area contributed by atoms with Gasteiger partial charge < -0.3 is 20.5 Å². The fraction of sp³-hybridized carbons (Fsp3) is 0.368. The van der Waals surface area contributed by atoms with Gasteiger partial charge in [-0.1, -0.05) is 35.5 Å². The lowest BCUT2D eigenvalue weighted by atomic mass is 9.95. The number of amides is 3. The maximum atomic E-state index is 13.0. The van der Waals surface area contributed by atoms with E-state index in [-0.39, 0.29) is 17.0 Å². The molecule has 4 rings (SSSR count). The van der Waals surface area contributed by atoms with E-state index in [4.69, 9.17) is 10.3 Å². The molecule has 3 heterocycles. The van der Waals surface area contributed by atoms with Gasteiger partial charge in [0.25, 0.3) is 5.91 Å². The number of nitrogens with one attached hydrogen (secondary N) is 1. The number of primary amides is 1. The van der Waals surface area contributed by atoms with Gasteiger partial charge in [-0.05, 0) is 20.8 Å². The third kappa shape index (κ3) is 2.51. The molecule has 3 atom stereocenters. The Hall–Kier alpha value is -3.21. The lowest BCUT2D eigenvalue weighted by Crippen LogP contribution is -2.72. The molecule has 0 radical (unpaired) electrons. The fourth-order valence-electron chi connectivity index (χ4n) is 4.15. The molecule has 2 aliphatic rings. The summed E-state index contributed by atoms with van der Waals surface area (Å²) < 4.78 is 29.6. The highest BCUT2D eigenvalue weighted by molar-refractivity contribution is 7.94. The van der Waals surface area contributed by atoms with E-state index in [9.17, 15) is 22.8 Å². The highest BCUT2D eigenvalue weighted by Gasteiger charge is 2.72. The summed E-state index contributed by atoms with van der Waals surface area (Å²) in [4.78, 5) is 38.5. The Morgan fingerprint density at radius 2 is 1.87 bits per heavy atom. The minimum atomic E-state index is -3.98. The smallest absolute Gasteiger partial charge is 0.257 e. The zero-order chi connectivity index (χ0) is 22.0. The molecule has 2 fully saturated rings. The summed E-state index contributed by atoms with van der Waals surface area (Å²) in [7, 11) is -3.98. The Morgan fingerprint density at radius 3 is 2.47 bits per heavy atom. The van der Waals surface area contributed by atoms with E-state index < -0.39 is 49.8 Å². The Balaban J connectivity index is 1.66. The molecule has 2 saturated heterocycles. The zero-order valence-corrected chi connectivity index (χ0v) is 17.3. The van der Waals surface area contributed by atoms with Crippen molar-refractivity contribution in [2.75, 3.05) is 0 Å². The first-order valence-electron chi connectivity index (χ1n) is 9.17. The summed E-state index contributed by atoms with van der Waals surface area (Å²) >= 11 is 0. The molecule has 2 aromatic rings. The van der Waals surface area contributed by atoms with Crippen molar-refractivity contribution in [3.05, 3.63) is 41.7 Å². The Kier molecular flexibility index (Phi) is 4.28. The van der Waals surface area contributed by atoms with Crippen LogP contribution in [-0.4, -0.2) is 58.4 Å². The Bertz CT molecular complexity index is 1170. The van der Waals surface area contributed by atoms with Crippen molar-refractivity contribution in [2.45, 2.75) is 43.0 Å². The van der Waals surface area contributed by atoms with Crippen LogP contribution in [0.3, 0.4) is 0 Å². The molecule has 0 aliphatic carbocycles. The summed E-state index contributed by atoms with van der Waals surface area (Å²) in [6, 6.07) is 6.20. The monoisotopic (exact) mass is 432 g/mol. The van der Waals surface area contributed by atoms with E-state index in [0.29, 0.717) is 5.56 Å². The average Bonchev–Trinajstić information content (AvgIpc) is 3.13. The van der Waals surface area contributed by atoms with E-state index in [0.717, 1.165) is 4.90 Å². The van der Waals surface area contributed by atoms with Crippen molar-refractivity contribution >= 4 is 27.6 Å². The molecule has 3 unspecified atom stereocenters. The molecule has 11 heteroatoms. The predicted octanol–water partition coefficient (Wildman–Crippen LogP) is -0.0224. The second-order valence-corrected chi connectivity index (χ2v) is 10.5. The maximum Gasteiger partial charge on any atom is 0.257 e. The lowest BCUT2D eigenvalue weighted by molar-refractivity contribution is -0.152. The second-order valence-electron chi connectivity index (χ2n) is 7.87. The van der Waals surface area contributed by atoms with Crippen LogP contribution in [-0.2, 0) is 19.4 Å². The van der Waals surface area contributed by atoms with Crippen molar-refractivity contribution in [3.8, 4) is 11.3 Å². The highest BCUT2D eigenvalue weighted by atomic mass is 32.2. The van der Waals surface area contributed by atoms with Gasteiger partial charge in [-0.2, -0.15) is 0 Å². The Morgan fingerprint density at radius 1 is 1.23 bits per heavy atom. The van der Waals surface area contributed by atoms with Crippen molar-refractivity contribution < 1.29 is 27.3 Å². The minimum absolute atomic E-state index is 0.105. The van der Waals surface area contributed by atoms with Gasteiger partial charge in [-0.15, -0.1) is 0 Å². The summed E-state index contributed by atoms with van der Waals surface area (Å²) in [6.07, 6.45) is 0. The number of carbonyl (C=O) groups excluding carboxylic acids is 3. The SMILES string of the molecule is Cc1onc(-c2ccccc2)c1C(=O)NC1C(=O)N2C(C(N)=O)C(C)(C)S(=O)(=O)C12. The average molecular weight is 432 g/mol. The molecule has 3 N–H and O–H groups in total. The molecule has 2 aliphatic heterocycles. The summed E-state index contributed by atoms with van der Waals surface area (Å²) in [5.74, 6) is -2.06. The quantitative estimate of drug-likeness (QED) is 0.644. The van der Waals surface area contributed by atoms with Gasteiger partial charge in [0, 0.05) is 5.56 Å². The van der Waals surface area contributed by atoms with Crippen molar-refractivity contribution in [3.63, 3.8) is 0 Å². The van der Waals surface area contributed by atoms with Gasteiger partial charge in [0.2, 0.25) is 11.8 Å². The molecule has 3 amide bonds. The van der Waals surface area contributed by atoms with Crippen LogP contribution in [0.5, 0.6) is 0 Å². The van der Waals surface area contributed by atoms with Crippen molar-refractivity contribution in [1.82, 2.24) is 15.4 Å². The van der Waals surface area contributed by atoms with Crippen LogP contribution in [0.15, 0.2) is 34.9 Å². The molecule has 0 saturated carbocycles. The first kappa shape index (κ1) is 20.1. The van der Waals surface area contributed by atoms with Crippen LogP contribution in [0.1, 0.15) is 30.0 Å². The molecule has 158 valence electrons. The van der Waals surface area contributed by atoms with Crippen molar-refractivity contribution in [1.29, 1.82) is 0 Å². The van der Waals surface area contributed by atoms with E-state index in [2.05, 4.69) is 10.5 Å². The van der Waals surface area contributed by atoms with Crippen LogP contribution in [0.4, 0.5) is 0 Å². The van der Waals surface area contributed by atoms with Gasteiger partial charge in [-0.3, -0.25) is 14.4 Å². The normalized spacial score (nSPS) is 26.0. The molecular formula is C19H20N4O6S. The first-order valence-corrected chi connectivity index (χ1v) is 10.7. The van der Waals surface area contributed by atoms with Crippen LogP contribution < -0.4 is 11.1 Å². The number of aryl methyl sites for hydroxylation is 1. The van der Waals surface area contributed by atoms with Crippen LogP contribution in [0.2, 0.25) is 0 Å². The predicted molar refractivity (Wildman–Crippen MR) is 105 cm³/mol. The number of hydrogen-bond donors (Lipinski definition) is 2. The molecule has 1 aromatic heterocycles. The Labute approximate surface area is 172 Å². The van der Waals surface area contributed by atoms with Gasteiger partial charge in [0.05, 0.1) is 4.75 Å². The van der Waals surface area contributed by atoms with E-state index in [1.54, 1.807) is 37.3 Å². The van der Waals surface area contributed by atoms with Gasteiger partial charge in [-0.25, -0.2) is 8.42 Å². The number of nitrogens with zero attached hydrogens (tertiary/aromatic N) is 2. The minimum Gasteiger partial charge on any atom is -0.368 e. The van der Waals surface area contributed by atoms with E-state index in [1.807, 2.05) is 0 Å². The number of fused-ring (bicyclic) bond motifs is 1. The molecule has 10 nitrogen and oxygen atoms in total. The standard InChI is InChI=1S/C19H20N4O6S/c1-9-11(12(22-29-9)10-7-5-4-6-8-10)16(25)21-13-17(26)23-14(15(20)24)19(2,3)30(27,28)18(13)23/h4-8,13-14,18H,1-3H3,(H2,20,24)(H,21,25). The third-order valence-electron chi connectivity index (χ3n) is 5.76. The third-order valence-corrected chi connectivity index (χ3v) is 8.59. The van der Waals surface area contributed by atoms with Crippen LogP contribution in [0.25, 0.3) is 11.3 Å². The second kappa shape index (κ2) is 6.39.